The van der Waals surface area contributed by atoms with Crippen LogP contribution in [0.4, 0.5) is 0 Å². The number of aliphatic hydroxyl groups excluding tert-OH is 1. The van der Waals surface area contributed by atoms with Crippen LogP contribution >= 0.6 is 11.8 Å². The second-order valence-corrected chi connectivity index (χ2v) is 7.13. The van der Waals surface area contributed by atoms with Gasteiger partial charge in [-0.15, -0.1) is 0 Å². The lowest BCUT2D eigenvalue weighted by Gasteiger charge is -2.17. The third-order valence-corrected chi connectivity index (χ3v) is 4.59. The Hall–Kier alpha value is -0.220. The van der Waals surface area contributed by atoms with Gasteiger partial charge < -0.3 is 9.84 Å². The van der Waals surface area contributed by atoms with E-state index in [2.05, 4.69) is 20.8 Å². The van der Waals surface area contributed by atoms with Crippen molar-refractivity contribution in [3.8, 4) is 0 Å². The van der Waals surface area contributed by atoms with E-state index < -0.39 is 12.6 Å². The summed E-state index contributed by atoms with van der Waals surface area (Å²) in [6.07, 6.45) is 8.59. The summed E-state index contributed by atoms with van der Waals surface area (Å²) >= 11 is 1.92. The van der Waals surface area contributed by atoms with Crippen molar-refractivity contribution >= 4 is 17.7 Å². The first kappa shape index (κ1) is 19.8. The summed E-state index contributed by atoms with van der Waals surface area (Å²) in [5, 5.41) is 9.07. The lowest BCUT2D eigenvalue weighted by Crippen LogP contribution is -2.19. The van der Waals surface area contributed by atoms with Gasteiger partial charge in [0.1, 0.15) is 13.2 Å². The molecule has 0 rings (SSSR count). The van der Waals surface area contributed by atoms with Crippen LogP contribution in [-0.4, -0.2) is 35.3 Å². The van der Waals surface area contributed by atoms with Crippen LogP contribution in [0.25, 0.3) is 0 Å². The summed E-state index contributed by atoms with van der Waals surface area (Å²) < 4.78 is 5.08. The molecule has 0 aliphatic carbocycles. The number of carbonyl (C=O) groups excluding carboxylic acids is 1. The number of hydrogen-bond donors (Lipinski definition) is 1. The molecule has 0 radical (unpaired) electrons. The summed E-state index contributed by atoms with van der Waals surface area (Å²) in [6, 6.07) is 0. The Kier molecular flexibility index (Phi) is 13.6. The molecule has 0 bridgehead atoms. The highest BCUT2D eigenvalue weighted by atomic mass is 32.2. The van der Waals surface area contributed by atoms with Gasteiger partial charge in [0.25, 0.3) is 0 Å². The zero-order valence-corrected chi connectivity index (χ0v) is 14.2. The van der Waals surface area contributed by atoms with E-state index in [9.17, 15) is 4.79 Å². The van der Waals surface area contributed by atoms with Crippen LogP contribution in [0.3, 0.4) is 0 Å². The van der Waals surface area contributed by atoms with Gasteiger partial charge in [0.05, 0.1) is 0 Å². The SMILES string of the molecule is CCCCCCSC(CCCC(C)C)COC(=O)CO. The van der Waals surface area contributed by atoms with Gasteiger partial charge >= 0.3 is 5.97 Å². The molecule has 0 fully saturated rings. The maximum Gasteiger partial charge on any atom is 0.331 e. The normalized spacial score (nSPS) is 12.7. The van der Waals surface area contributed by atoms with Gasteiger partial charge in [0.15, 0.2) is 0 Å². The highest BCUT2D eigenvalue weighted by Gasteiger charge is 2.12. The molecule has 3 nitrogen and oxygen atoms in total. The van der Waals surface area contributed by atoms with Gasteiger partial charge in [-0.2, -0.15) is 11.8 Å². The minimum absolute atomic E-state index is 0.380. The molecule has 0 saturated heterocycles. The summed E-state index contributed by atoms with van der Waals surface area (Å²) in [5.41, 5.74) is 0. The predicted molar refractivity (Wildman–Crippen MR) is 87.1 cm³/mol. The van der Waals surface area contributed by atoms with Crippen molar-refractivity contribution in [1.82, 2.24) is 0 Å². The van der Waals surface area contributed by atoms with E-state index in [1.807, 2.05) is 11.8 Å². The van der Waals surface area contributed by atoms with Crippen LogP contribution < -0.4 is 0 Å². The Balaban J connectivity index is 3.87. The van der Waals surface area contributed by atoms with E-state index in [-0.39, 0.29) is 0 Å². The molecular formula is C16H32O3S. The molecule has 0 spiro atoms. The van der Waals surface area contributed by atoms with Crippen molar-refractivity contribution in [2.45, 2.75) is 71.0 Å². The molecule has 1 unspecified atom stereocenters. The number of rotatable bonds is 13. The number of thioether (sulfide) groups is 1. The minimum Gasteiger partial charge on any atom is -0.463 e. The lowest BCUT2D eigenvalue weighted by molar-refractivity contribution is -0.146. The highest BCUT2D eigenvalue weighted by Crippen LogP contribution is 2.21. The Bertz CT molecular complexity index is 232. The van der Waals surface area contributed by atoms with Crippen molar-refractivity contribution in [1.29, 1.82) is 0 Å². The lowest BCUT2D eigenvalue weighted by atomic mass is 10.1. The number of hydrogen-bond acceptors (Lipinski definition) is 4. The smallest absolute Gasteiger partial charge is 0.331 e. The van der Waals surface area contributed by atoms with Gasteiger partial charge in [-0.1, -0.05) is 52.9 Å². The number of carbonyl (C=O) groups is 1. The molecule has 0 saturated carbocycles. The van der Waals surface area contributed by atoms with Crippen molar-refractivity contribution in [3.05, 3.63) is 0 Å². The van der Waals surface area contributed by atoms with Gasteiger partial charge in [-0.05, 0) is 24.5 Å². The molecular weight excluding hydrogens is 272 g/mol. The van der Waals surface area contributed by atoms with Crippen LogP contribution in [0.15, 0.2) is 0 Å². The van der Waals surface area contributed by atoms with Gasteiger partial charge in [-0.3, -0.25) is 0 Å². The van der Waals surface area contributed by atoms with Crippen LogP contribution in [0.1, 0.15) is 65.7 Å². The second kappa shape index (κ2) is 13.7. The Morgan fingerprint density at radius 3 is 2.50 bits per heavy atom. The summed E-state index contributed by atoms with van der Waals surface area (Å²) in [6.45, 7) is 6.61. The molecule has 4 heteroatoms. The molecule has 0 aromatic heterocycles. The topological polar surface area (TPSA) is 46.5 Å². The molecule has 0 heterocycles. The largest absolute Gasteiger partial charge is 0.463 e. The molecule has 0 amide bonds. The highest BCUT2D eigenvalue weighted by molar-refractivity contribution is 7.99. The minimum atomic E-state index is -0.514. The fraction of sp³-hybridized carbons (Fsp3) is 0.938. The van der Waals surface area contributed by atoms with Crippen molar-refractivity contribution in [2.24, 2.45) is 5.92 Å². The standard InChI is InChI=1S/C16H32O3S/c1-4-5-6-7-11-20-15(10-8-9-14(2)3)13-19-16(18)12-17/h14-15,17H,4-13H2,1-3H3. The maximum atomic E-state index is 11.0. The number of esters is 1. The van der Waals surface area contributed by atoms with E-state index in [1.54, 1.807) is 0 Å². The maximum absolute atomic E-state index is 11.0. The van der Waals surface area contributed by atoms with E-state index in [0.717, 1.165) is 18.1 Å². The zero-order chi connectivity index (χ0) is 15.2. The molecule has 0 aliphatic heterocycles. The van der Waals surface area contributed by atoms with E-state index in [0.29, 0.717) is 11.9 Å². The van der Waals surface area contributed by atoms with Crippen molar-refractivity contribution in [3.63, 3.8) is 0 Å². The molecule has 120 valence electrons. The van der Waals surface area contributed by atoms with Crippen LogP contribution in [0, 0.1) is 5.92 Å². The van der Waals surface area contributed by atoms with E-state index in [1.165, 1.54) is 38.5 Å². The van der Waals surface area contributed by atoms with Gasteiger partial charge in [0, 0.05) is 5.25 Å². The zero-order valence-electron chi connectivity index (χ0n) is 13.4. The van der Waals surface area contributed by atoms with Crippen LogP contribution in [-0.2, 0) is 9.53 Å². The molecule has 20 heavy (non-hydrogen) atoms. The molecule has 1 N–H and O–H groups in total. The fourth-order valence-electron chi connectivity index (χ4n) is 1.98. The van der Waals surface area contributed by atoms with E-state index >= 15 is 0 Å². The van der Waals surface area contributed by atoms with Crippen LogP contribution in [0.2, 0.25) is 0 Å². The first-order chi connectivity index (χ1) is 9.60. The number of unbranched alkanes of at least 4 members (excludes halogenated alkanes) is 3. The average Bonchev–Trinajstić information content (AvgIpc) is 2.42. The first-order valence-electron chi connectivity index (χ1n) is 7.98. The molecule has 1 atom stereocenters. The van der Waals surface area contributed by atoms with Crippen molar-refractivity contribution in [2.75, 3.05) is 19.0 Å². The van der Waals surface area contributed by atoms with Gasteiger partial charge in [0.2, 0.25) is 0 Å². The third kappa shape index (κ3) is 12.8. The van der Waals surface area contributed by atoms with Gasteiger partial charge in [-0.25, -0.2) is 4.79 Å². The Morgan fingerprint density at radius 1 is 1.15 bits per heavy atom. The van der Waals surface area contributed by atoms with Crippen molar-refractivity contribution < 1.29 is 14.6 Å². The Morgan fingerprint density at radius 2 is 1.90 bits per heavy atom. The quantitative estimate of drug-likeness (QED) is 0.412. The Labute approximate surface area is 128 Å². The summed E-state index contributed by atoms with van der Waals surface area (Å²) in [4.78, 5) is 11.0. The predicted octanol–water partition coefficient (Wildman–Crippen LogP) is 4.03. The fourth-order valence-corrected chi connectivity index (χ4v) is 3.18. The second-order valence-electron chi connectivity index (χ2n) is 5.72. The number of ether oxygens (including phenoxy) is 1. The molecule has 0 aliphatic rings. The first-order valence-corrected chi connectivity index (χ1v) is 9.03. The van der Waals surface area contributed by atoms with E-state index in [4.69, 9.17) is 9.84 Å². The summed E-state index contributed by atoms with van der Waals surface area (Å²) in [7, 11) is 0. The summed E-state index contributed by atoms with van der Waals surface area (Å²) in [5.74, 6) is 1.36. The molecule has 0 aromatic carbocycles. The number of aliphatic hydroxyl groups is 1. The average molecular weight is 304 g/mol. The monoisotopic (exact) mass is 304 g/mol. The van der Waals surface area contributed by atoms with Crippen LogP contribution in [0.5, 0.6) is 0 Å². The third-order valence-electron chi connectivity index (χ3n) is 3.22. The molecule has 0 aromatic rings.